The van der Waals surface area contributed by atoms with Crippen molar-refractivity contribution in [3.05, 3.63) is 35.2 Å². The molecule has 0 saturated carbocycles. The Kier molecular flexibility index (Phi) is 4.33. The lowest BCUT2D eigenvalue weighted by Crippen LogP contribution is -2.11. The Morgan fingerprint density at radius 1 is 1.22 bits per heavy atom. The number of nitrogens with zero attached hydrogens (tertiary/aromatic N) is 2. The molecule has 0 amide bonds. The molecule has 0 saturated heterocycles. The average molecular weight is 261 g/mol. The van der Waals surface area contributed by atoms with E-state index in [4.69, 9.17) is 0 Å². The maximum absolute atomic E-state index is 4.60. The lowest BCUT2D eigenvalue weighted by atomic mass is 10.1. The second-order valence-corrected chi connectivity index (χ2v) is 5.22. The van der Waals surface area contributed by atoms with Gasteiger partial charge in [-0.15, -0.1) is 11.3 Å². The van der Waals surface area contributed by atoms with Crippen molar-refractivity contribution in [3.63, 3.8) is 0 Å². The highest BCUT2D eigenvalue weighted by molar-refractivity contribution is 7.14. The molecular formula is C14H19N3S. The second-order valence-electron chi connectivity index (χ2n) is 4.39. The number of hydrogen-bond donors (Lipinski definition) is 1. The Bertz CT molecular complexity index is 488. The Balaban J connectivity index is 2.12. The Morgan fingerprint density at radius 2 is 1.94 bits per heavy atom. The first-order chi connectivity index (χ1) is 8.70. The molecule has 0 aliphatic carbocycles. The summed E-state index contributed by atoms with van der Waals surface area (Å²) in [7, 11) is 4.03. The first-order valence-electron chi connectivity index (χ1n) is 6.13. The lowest BCUT2D eigenvalue weighted by molar-refractivity contribution is 0.727. The van der Waals surface area contributed by atoms with E-state index in [-0.39, 0.29) is 0 Å². The van der Waals surface area contributed by atoms with E-state index in [2.05, 4.69) is 46.9 Å². The van der Waals surface area contributed by atoms with E-state index in [9.17, 15) is 0 Å². The standard InChI is InChI=1S/C14H19N3S/c1-4-15-9-11-5-7-12(8-6-11)13-10-18-14(16-13)17(2)3/h5-8,10,15H,4,9H2,1-3H3. The molecule has 0 aliphatic heterocycles. The summed E-state index contributed by atoms with van der Waals surface area (Å²) in [5.41, 5.74) is 3.54. The van der Waals surface area contributed by atoms with Crippen molar-refractivity contribution in [2.75, 3.05) is 25.5 Å². The van der Waals surface area contributed by atoms with Crippen LogP contribution in [0.5, 0.6) is 0 Å². The zero-order valence-electron chi connectivity index (χ0n) is 11.1. The van der Waals surface area contributed by atoms with E-state index in [0.29, 0.717) is 0 Å². The number of aromatic nitrogens is 1. The van der Waals surface area contributed by atoms with Gasteiger partial charge in [-0.2, -0.15) is 0 Å². The van der Waals surface area contributed by atoms with Gasteiger partial charge in [0.1, 0.15) is 0 Å². The molecule has 18 heavy (non-hydrogen) atoms. The van der Waals surface area contributed by atoms with Crippen molar-refractivity contribution in [1.82, 2.24) is 10.3 Å². The van der Waals surface area contributed by atoms with Crippen LogP contribution in [0, 0.1) is 0 Å². The highest BCUT2D eigenvalue weighted by Crippen LogP contribution is 2.26. The van der Waals surface area contributed by atoms with E-state index >= 15 is 0 Å². The Labute approximate surface area is 112 Å². The van der Waals surface area contributed by atoms with Crippen LogP contribution in [0.3, 0.4) is 0 Å². The van der Waals surface area contributed by atoms with E-state index in [1.54, 1.807) is 11.3 Å². The zero-order chi connectivity index (χ0) is 13.0. The summed E-state index contributed by atoms with van der Waals surface area (Å²) in [6.45, 7) is 4.04. The quantitative estimate of drug-likeness (QED) is 0.897. The number of rotatable bonds is 5. The fourth-order valence-corrected chi connectivity index (χ4v) is 2.43. The van der Waals surface area contributed by atoms with Crippen molar-refractivity contribution in [3.8, 4) is 11.3 Å². The molecule has 0 bridgehead atoms. The summed E-state index contributed by atoms with van der Waals surface area (Å²) in [5.74, 6) is 0. The molecule has 0 spiro atoms. The number of thiazole rings is 1. The van der Waals surface area contributed by atoms with E-state index in [1.807, 2.05) is 19.0 Å². The third kappa shape index (κ3) is 3.09. The van der Waals surface area contributed by atoms with Gasteiger partial charge in [-0.1, -0.05) is 31.2 Å². The molecule has 1 N–H and O–H groups in total. The molecule has 2 rings (SSSR count). The molecule has 0 unspecified atom stereocenters. The van der Waals surface area contributed by atoms with Gasteiger partial charge in [0.25, 0.3) is 0 Å². The summed E-state index contributed by atoms with van der Waals surface area (Å²) in [6.07, 6.45) is 0. The summed E-state index contributed by atoms with van der Waals surface area (Å²) in [5, 5.41) is 6.47. The lowest BCUT2D eigenvalue weighted by Gasteiger charge is -2.06. The minimum atomic E-state index is 0.927. The maximum Gasteiger partial charge on any atom is 0.185 e. The van der Waals surface area contributed by atoms with Gasteiger partial charge < -0.3 is 10.2 Å². The molecule has 3 nitrogen and oxygen atoms in total. The van der Waals surface area contributed by atoms with Crippen LogP contribution in [0.15, 0.2) is 29.6 Å². The largest absolute Gasteiger partial charge is 0.354 e. The minimum Gasteiger partial charge on any atom is -0.354 e. The van der Waals surface area contributed by atoms with Crippen molar-refractivity contribution in [2.45, 2.75) is 13.5 Å². The molecule has 0 radical (unpaired) electrons. The van der Waals surface area contributed by atoms with Gasteiger partial charge >= 0.3 is 0 Å². The zero-order valence-corrected chi connectivity index (χ0v) is 11.9. The Hall–Kier alpha value is -1.39. The van der Waals surface area contributed by atoms with Crippen LogP contribution in [-0.2, 0) is 6.54 Å². The van der Waals surface area contributed by atoms with Crippen LogP contribution < -0.4 is 10.2 Å². The van der Waals surface area contributed by atoms with Gasteiger partial charge in [0.05, 0.1) is 5.69 Å². The highest BCUT2D eigenvalue weighted by atomic mass is 32.1. The molecule has 2 aromatic rings. The van der Waals surface area contributed by atoms with Crippen LogP contribution >= 0.6 is 11.3 Å². The van der Waals surface area contributed by atoms with Crippen LogP contribution in [-0.4, -0.2) is 25.6 Å². The fourth-order valence-electron chi connectivity index (χ4n) is 1.66. The third-order valence-corrected chi connectivity index (χ3v) is 3.71. The summed E-state index contributed by atoms with van der Waals surface area (Å²) >= 11 is 1.67. The summed E-state index contributed by atoms with van der Waals surface area (Å²) in [4.78, 5) is 6.64. The molecule has 4 heteroatoms. The van der Waals surface area contributed by atoms with E-state index in [0.717, 1.165) is 23.9 Å². The summed E-state index contributed by atoms with van der Waals surface area (Å²) in [6, 6.07) is 8.60. The molecular weight excluding hydrogens is 242 g/mol. The van der Waals surface area contributed by atoms with Crippen LogP contribution in [0.4, 0.5) is 5.13 Å². The third-order valence-electron chi connectivity index (χ3n) is 2.70. The van der Waals surface area contributed by atoms with Gasteiger partial charge in [0.2, 0.25) is 0 Å². The molecule has 1 aromatic heterocycles. The molecule has 1 heterocycles. The van der Waals surface area contributed by atoms with Crippen molar-refractivity contribution < 1.29 is 0 Å². The van der Waals surface area contributed by atoms with E-state index < -0.39 is 0 Å². The Morgan fingerprint density at radius 3 is 2.50 bits per heavy atom. The normalized spacial score (nSPS) is 10.6. The minimum absolute atomic E-state index is 0.927. The fraction of sp³-hybridized carbons (Fsp3) is 0.357. The number of hydrogen-bond acceptors (Lipinski definition) is 4. The van der Waals surface area contributed by atoms with Crippen LogP contribution in [0.25, 0.3) is 11.3 Å². The molecule has 1 aromatic carbocycles. The van der Waals surface area contributed by atoms with Gasteiger partial charge in [0, 0.05) is 31.6 Å². The topological polar surface area (TPSA) is 28.2 Å². The first-order valence-corrected chi connectivity index (χ1v) is 7.01. The van der Waals surface area contributed by atoms with Crippen molar-refractivity contribution >= 4 is 16.5 Å². The summed E-state index contributed by atoms with van der Waals surface area (Å²) < 4.78 is 0. The molecule has 96 valence electrons. The smallest absolute Gasteiger partial charge is 0.185 e. The monoisotopic (exact) mass is 261 g/mol. The van der Waals surface area contributed by atoms with Gasteiger partial charge in [-0.3, -0.25) is 0 Å². The molecule has 0 fully saturated rings. The van der Waals surface area contributed by atoms with Crippen LogP contribution in [0.1, 0.15) is 12.5 Å². The SMILES string of the molecule is CCNCc1ccc(-c2csc(N(C)C)n2)cc1. The predicted molar refractivity (Wildman–Crippen MR) is 79.3 cm³/mol. The van der Waals surface area contributed by atoms with E-state index in [1.165, 1.54) is 11.1 Å². The first kappa shape index (κ1) is 13.1. The maximum atomic E-state index is 4.60. The average Bonchev–Trinajstić information content (AvgIpc) is 2.87. The second kappa shape index (κ2) is 5.98. The van der Waals surface area contributed by atoms with Gasteiger partial charge in [-0.25, -0.2) is 4.98 Å². The van der Waals surface area contributed by atoms with Crippen LogP contribution in [0.2, 0.25) is 0 Å². The van der Waals surface area contributed by atoms with Gasteiger partial charge in [-0.05, 0) is 12.1 Å². The highest BCUT2D eigenvalue weighted by Gasteiger charge is 2.05. The molecule has 0 aliphatic rings. The number of benzene rings is 1. The van der Waals surface area contributed by atoms with Crippen molar-refractivity contribution in [2.24, 2.45) is 0 Å². The van der Waals surface area contributed by atoms with Crippen molar-refractivity contribution in [1.29, 1.82) is 0 Å². The molecule has 0 atom stereocenters. The number of anilines is 1. The predicted octanol–water partition coefficient (Wildman–Crippen LogP) is 2.99. The number of nitrogens with one attached hydrogen (secondary N) is 1. The van der Waals surface area contributed by atoms with Gasteiger partial charge in [0.15, 0.2) is 5.13 Å².